The molecule has 1 unspecified atom stereocenters. The van der Waals surface area contributed by atoms with Gasteiger partial charge in [-0.25, -0.2) is 4.79 Å². The van der Waals surface area contributed by atoms with Crippen LogP contribution in [0.25, 0.3) is 0 Å². The largest absolute Gasteiger partial charge is 0.511 e. The molecule has 1 aliphatic heterocycles. The molecule has 1 heterocycles. The third kappa shape index (κ3) is 1.75. The SMILES string of the molecule is CCOC(=O)C1=C(O)CSC1C. The van der Waals surface area contributed by atoms with Crippen LogP contribution < -0.4 is 0 Å². The predicted molar refractivity (Wildman–Crippen MR) is 48.2 cm³/mol. The van der Waals surface area contributed by atoms with Crippen molar-refractivity contribution in [2.45, 2.75) is 19.1 Å². The molecular weight excluding hydrogens is 176 g/mol. The van der Waals surface area contributed by atoms with Gasteiger partial charge in [0.25, 0.3) is 0 Å². The molecule has 68 valence electrons. The summed E-state index contributed by atoms with van der Waals surface area (Å²) in [5.74, 6) is 0.313. The van der Waals surface area contributed by atoms with Crippen LogP contribution in [0.5, 0.6) is 0 Å². The molecule has 0 radical (unpaired) electrons. The number of hydrogen-bond acceptors (Lipinski definition) is 4. The van der Waals surface area contributed by atoms with E-state index in [4.69, 9.17) is 4.74 Å². The average Bonchev–Trinajstić information content (AvgIpc) is 2.32. The lowest BCUT2D eigenvalue weighted by Gasteiger charge is -2.06. The Labute approximate surface area is 75.8 Å². The Morgan fingerprint density at radius 3 is 2.92 bits per heavy atom. The van der Waals surface area contributed by atoms with Crippen molar-refractivity contribution in [2.75, 3.05) is 12.4 Å². The summed E-state index contributed by atoms with van der Waals surface area (Å²) in [4.78, 5) is 11.2. The number of esters is 1. The molecule has 0 aromatic heterocycles. The zero-order valence-corrected chi connectivity index (χ0v) is 7.98. The van der Waals surface area contributed by atoms with Crippen LogP contribution in [0.1, 0.15) is 13.8 Å². The van der Waals surface area contributed by atoms with Crippen LogP contribution >= 0.6 is 11.8 Å². The van der Waals surface area contributed by atoms with E-state index in [1.807, 2.05) is 6.92 Å². The molecule has 0 aromatic carbocycles. The Morgan fingerprint density at radius 1 is 1.83 bits per heavy atom. The van der Waals surface area contributed by atoms with Crippen molar-refractivity contribution in [3.05, 3.63) is 11.3 Å². The van der Waals surface area contributed by atoms with Crippen molar-refractivity contribution in [2.24, 2.45) is 0 Å². The Kier molecular flexibility index (Phi) is 3.03. The molecule has 0 bridgehead atoms. The molecule has 0 aliphatic carbocycles. The van der Waals surface area contributed by atoms with Crippen molar-refractivity contribution in [1.82, 2.24) is 0 Å². The molecule has 0 saturated carbocycles. The highest BCUT2D eigenvalue weighted by Gasteiger charge is 2.28. The molecule has 12 heavy (non-hydrogen) atoms. The molecular formula is C8H12O3S. The van der Waals surface area contributed by atoms with E-state index in [0.717, 1.165) is 0 Å². The van der Waals surface area contributed by atoms with Gasteiger partial charge in [0, 0.05) is 5.25 Å². The molecule has 1 rings (SSSR count). The number of aliphatic hydroxyl groups is 1. The Bertz CT molecular complexity index is 222. The summed E-state index contributed by atoms with van der Waals surface area (Å²) in [6, 6.07) is 0. The van der Waals surface area contributed by atoms with Gasteiger partial charge in [-0.1, -0.05) is 0 Å². The highest BCUT2D eigenvalue weighted by atomic mass is 32.2. The topological polar surface area (TPSA) is 46.5 Å². The summed E-state index contributed by atoms with van der Waals surface area (Å²) in [6.45, 7) is 4.00. The van der Waals surface area contributed by atoms with Gasteiger partial charge in [0.15, 0.2) is 0 Å². The standard InChI is InChI=1S/C8H12O3S/c1-3-11-8(10)7-5(2)12-4-6(7)9/h5,9H,3-4H2,1-2H3. The molecule has 0 amide bonds. The number of thioether (sulfide) groups is 1. The first-order chi connectivity index (χ1) is 5.66. The molecule has 0 saturated heterocycles. The number of aliphatic hydroxyl groups excluding tert-OH is 1. The van der Waals surface area contributed by atoms with E-state index in [9.17, 15) is 9.90 Å². The highest BCUT2D eigenvalue weighted by molar-refractivity contribution is 8.00. The van der Waals surface area contributed by atoms with Crippen LogP contribution in [0.3, 0.4) is 0 Å². The highest BCUT2D eigenvalue weighted by Crippen LogP contribution is 2.31. The minimum Gasteiger partial charge on any atom is -0.511 e. The maximum Gasteiger partial charge on any atom is 0.338 e. The molecule has 3 nitrogen and oxygen atoms in total. The summed E-state index contributed by atoms with van der Waals surface area (Å²) in [5.41, 5.74) is 0.432. The number of hydrogen-bond donors (Lipinski definition) is 1. The first-order valence-corrected chi connectivity index (χ1v) is 4.92. The van der Waals surface area contributed by atoms with E-state index < -0.39 is 0 Å². The predicted octanol–water partition coefficient (Wildman–Crippen LogP) is 1.50. The lowest BCUT2D eigenvalue weighted by atomic mass is 10.2. The van der Waals surface area contributed by atoms with Gasteiger partial charge >= 0.3 is 5.97 Å². The molecule has 0 aromatic rings. The lowest BCUT2D eigenvalue weighted by Crippen LogP contribution is -2.14. The van der Waals surface area contributed by atoms with Gasteiger partial charge in [-0.05, 0) is 13.8 Å². The van der Waals surface area contributed by atoms with E-state index in [2.05, 4.69) is 0 Å². The van der Waals surface area contributed by atoms with Crippen LogP contribution in [-0.2, 0) is 9.53 Å². The maximum absolute atomic E-state index is 11.2. The van der Waals surface area contributed by atoms with Gasteiger partial charge in [-0.2, -0.15) is 0 Å². The fourth-order valence-corrected chi connectivity index (χ4v) is 2.05. The zero-order valence-electron chi connectivity index (χ0n) is 7.16. The van der Waals surface area contributed by atoms with E-state index in [0.29, 0.717) is 17.9 Å². The third-order valence-electron chi connectivity index (χ3n) is 1.68. The summed E-state index contributed by atoms with van der Waals surface area (Å²) in [5, 5.41) is 9.37. The molecule has 1 atom stereocenters. The maximum atomic E-state index is 11.2. The second-order valence-corrected chi connectivity index (χ2v) is 3.86. The number of rotatable bonds is 2. The van der Waals surface area contributed by atoms with Crippen molar-refractivity contribution in [3.63, 3.8) is 0 Å². The van der Waals surface area contributed by atoms with Gasteiger partial charge in [-0.15, -0.1) is 11.8 Å². The van der Waals surface area contributed by atoms with Gasteiger partial charge in [0.1, 0.15) is 5.76 Å². The smallest absolute Gasteiger partial charge is 0.338 e. The zero-order chi connectivity index (χ0) is 9.14. The van der Waals surface area contributed by atoms with E-state index in [1.54, 1.807) is 18.7 Å². The minimum atomic E-state index is -0.382. The molecule has 0 fully saturated rings. The van der Waals surface area contributed by atoms with Gasteiger partial charge < -0.3 is 9.84 Å². The number of carbonyl (C=O) groups is 1. The van der Waals surface area contributed by atoms with Crippen LogP contribution in [-0.4, -0.2) is 28.7 Å². The van der Waals surface area contributed by atoms with Crippen molar-refractivity contribution in [1.29, 1.82) is 0 Å². The fourth-order valence-electron chi connectivity index (χ4n) is 1.09. The Morgan fingerprint density at radius 2 is 2.50 bits per heavy atom. The van der Waals surface area contributed by atoms with Gasteiger partial charge in [0.05, 0.1) is 17.9 Å². The van der Waals surface area contributed by atoms with Crippen molar-refractivity contribution < 1.29 is 14.6 Å². The Balaban J connectivity index is 2.72. The van der Waals surface area contributed by atoms with Crippen LogP contribution in [0.4, 0.5) is 0 Å². The van der Waals surface area contributed by atoms with Crippen molar-refractivity contribution in [3.8, 4) is 0 Å². The summed E-state index contributed by atoms with van der Waals surface area (Å²) in [7, 11) is 0. The lowest BCUT2D eigenvalue weighted by molar-refractivity contribution is -0.138. The van der Waals surface area contributed by atoms with Crippen molar-refractivity contribution >= 4 is 17.7 Å². The normalized spacial score (nSPS) is 23.0. The second kappa shape index (κ2) is 3.85. The van der Waals surface area contributed by atoms with E-state index >= 15 is 0 Å². The monoisotopic (exact) mass is 188 g/mol. The van der Waals surface area contributed by atoms with E-state index in [-0.39, 0.29) is 17.0 Å². The molecule has 1 aliphatic rings. The molecule has 4 heteroatoms. The second-order valence-electron chi connectivity index (χ2n) is 2.53. The first kappa shape index (κ1) is 9.45. The third-order valence-corrected chi connectivity index (χ3v) is 2.86. The number of ether oxygens (including phenoxy) is 1. The fraction of sp³-hybridized carbons (Fsp3) is 0.625. The average molecular weight is 188 g/mol. The van der Waals surface area contributed by atoms with Crippen LogP contribution in [0.15, 0.2) is 11.3 Å². The number of carbonyl (C=O) groups excluding carboxylic acids is 1. The minimum absolute atomic E-state index is 0.0593. The summed E-state index contributed by atoms with van der Waals surface area (Å²) >= 11 is 1.54. The van der Waals surface area contributed by atoms with E-state index in [1.165, 1.54) is 0 Å². The molecule has 0 spiro atoms. The molecule has 1 N–H and O–H groups in total. The van der Waals surface area contributed by atoms with Crippen LogP contribution in [0, 0.1) is 0 Å². The van der Waals surface area contributed by atoms with Crippen LogP contribution in [0.2, 0.25) is 0 Å². The quantitative estimate of drug-likeness (QED) is 0.667. The van der Waals surface area contributed by atoms with Gasteiger partial charge in [0.2, 0.25) is 0 Å². The first-order valence-electron chi connectivity index (χ1n) is 3.87. The Hall–Kier alpha value is -0.640. The summed E-state index contributed by atoms with van der Waals surface area (Å²) in [6.07, 6.45) is 0. The summed E-state index contributed by atoms with van der Waals surface area (Å²) < 4.78 is 4.80. The van der Waals surface area contributed by atoms with Gasteiger partial charge in [-0.3, -0.25) is 0 Å².